The van der Waals surface area contributed by atoms with Crippen molar-refractivity contribution in [2.45, 2.75) is 25.9 Å². The number of rotatable bonds is 7. The number of hydrogen-bond donors (Lipinski definition) is 4. The summed E-state index contributed by atoms with van der Waals surface area (Å²) >= 11 is 5.77. The molecule has 0 spiro atoms. The van der Waals surface area contributed by atoms with Crippen LogP contribution in [0.5, 0.6) is 0 Å². The maximum absolute atomic E-state index is 12.6. The van der Waals surface area contributed by atoms with Gasteiger partial charge in [-0.3, -0.25) is 14.6 Å². The van der Waals surface area contributed by atoms with E-state index in [2.05, 4.69) is 25.6 Å². The van der Waals surface area contributed by atoms with Gasteiger partial charge in [-0.15, -0.1) is 0 Å². The van der Waals surface area contributed by atoms with Crippen LogP contribution < -0.4 is 21.9 Å². The zero-order chi connectivity index (χ0) is 20.9. The fourth-order valence-electron chi connectivity index (χ4n) is 2.36. The lowest BCUT2D eigenvalue weighted by molar-refractivity contribution is -0.137. The molecular weight excluding hydrogens is 403 g/mol. The Labute approximate surface area is 161 Å². The van der Waals surface area contributed by atoms with Crippen molar-refractivity contribution >= 4 is 23.3 Å². The Hall–Kier alpha value is -2.82. The Balaban J connectivity index is 1.79. The highest BCUT2D eigenvalue weighted by atomic mass is 35.5. The van der Waals surface area contributed by atoms with Crippen molar-refractivity contribution in [1.82, 2.24) is 20.3 Å². The lowest BCUT2D eigenvalue weighted by atomic mass is 10.1. The second-order valence-corrected chi connectivity index (χ2v) is 6.25. The Morgan fingerprint density at radius 3 is 2.57 bits per heavy atom. The van der Waals surface area contributed by atoms with Gasteiger partial charge in [-0.25, -0.2) is 9.78 Å². The number of alkyl halides is 3. The first-order valence-corrected chi connectivity index (χ1v) is 8.51. The molecule has 2 rings (SSSR count). The van der Waals surface area contributed by atoms with Crippen LogP contribution in [0.1, 0.15) is 23.2 Å². The van der Waals surface area contributed by atoms with Gasteiger partial charge in [-0.2, -0.15) is 13.2 Å². The number of aromatic nitrogens is 3. The van der Waals surface area contributed by atoms with Gasteiger partial charge in [0.05, 0.1) is 10.6 Å². The number of halogens is 4. The van der Waals surface area contributed by atoms with Crippen LogP contribution in [0, 0.1) is 6.92 Å². The van der Waals surface area contributed by atoms with E-state index in [1.165, 1.54) is 0 Å². The zero-order valence-corrected chi connectivity index (χ0v) is 15.4. The number of aryl methyl sites for hydroxylation is 1. The van der Waals surface area contributed by atoms with Crippen LogP contribution in [0.4, 0.5) is 19.0 Å². The second-order valence-electron chi connectivity index (χ2n) is 5.84. The van der Waals surface area contributed by atoms with Gasteiger partial charge in [-0.1, -0.05) is 11.6 Å². The van der Waals surface area contributed by atoms with Crippen LogP contribution in [0.3, 0.4) is 0 Å². The number of anilines is 1. The molecule has 0 atom stereocenters. The van der Waals surface area contributed by atoms with Gasteiger partial charge in [0, 0.05) is 37.0 Å². The van der Waals surface area contributed by atoms with E-state index in [4.69, 9.17) is 11.6 Å². The molecular formula is C16H17ClF3N5O3. The van der Waals surface area contributed by atoms with E-state index in [-0.39, 0.29) is 42.7 Å². The molecule has 2 heterocycles. The monoisotopic (exact) mass is 419 g/mol. The number of carbonyl (C=O) groups is 1. The molecule has 0 unspecified atom stereocenters. The molecule has 0 saturated carbocycles. The molecule has 0 radical (unpaired) electrons. The standard InChI is InChI=1S/C16H17ClF3N5O3/c1-8-10(14(27)25-15(28)24-8)2-3-12(26)21-4-5-22-13-11(17)6-9(7-23-13)16(18,19)20/h6-7H,2-5H2,1H3,(H,21,26)(H,22,23)(H2,24,25,27,28). The van der Waals surface area contributed by atoms with Gasteiger partial charge in [0.2, 0.25) is 5.91 Å². The maximum Gasteiger partial charge on any atom is 0.417 e. The van der Waals surface area contributed by atoms with Crippen LogP contribution >= 0.6 is 11.6 Å². The fraction of sp³-hybridized carbons (Fsp3) is 0.375. The molecule has 8 nitrogen and oxygen atoms in total. The third kappa shape index (κ3) is 5.84. The number of hydrogen-bond acceptors (Lipinski definition) is 5. The Morgan fingerprint density at radius 1 is 1.25 bits per heavy atom. The molecule has 28 heavy (non-hydrogen) atoms. The predicted molar refractivity (Wildman–Crippen MR) is 96.5 cm³/mol. The first-order chi connectivity index (χ1) is 13.1. The van der Waals surface area contributed by atoms with E-state index in [0.29, 0.717) is 17.5 Å². The van der Waals surface area contributed by atoms with Crippen molar-refractivity contribution in [3.05, 3.63) is 54.9 Å². The van der Waals surface area contributed by atoms with Gasteiger partial charge in [0.1, 0.15) is 5.82 Å². The summed E-state index contributed by atoms with van der Waals surface area (Å²) in [5, 5.41) is 5.13. The van der Waals surface area contributed by atoms with E-state index >= 15 is 0 Å². The highest BCUT2D eigenvalue weighted by Crippen LogP contribution is 2.32. The Morgan fingerprint density at radius 2 is 1.96 bits per heavy atom. The van der Waals surface area contributed by atoms with Crippen LogP contribution in [0.25, 0.3) is 0 Å². The van der Waals surface area contributed by atoms with Crippen molar-refractivity contribution in [2.75, 3.05) is 18.4 Å². The number of aromatic amines is 2. The minimum Gasteiger partial charge on any atom is -0.367 e. The van der Waals surface area contributed by atoms with E-state index in [1.54, 1.807) is 6.92 Å². The number of carbonyl (C=O) groups excluding carboxylic acids is 1. The molecule has 1 amide bonds. The molecule has 0 saturated heterocycles. The van der Waals surface area contributed by atoms with Crippen LogP contribution in [0.15, 0.2) is 21.9 Å². The van der Waals surface area contributed by atoms with Crippen LogP contribution in [-0.4, -0.2) is 33.9 Å². The van der Waals surface area contributed by atoms with Crippen molar-refractivity contribution in [2.24, 2.45) is 0 Å². The lowest BCUT2D eigenvalue weighted by Gasteiger charge is -2.11. The number of amides is 1. The number of pyridine rings is 1. The number of nitrogens with zero attached hydrogens (tertiary/aromatic N) is 1. The van der Waals surface area contributed by atoms with Gasteiger partial charge in [0.15, 0.2) is 0 Å². The molecule has 0 aliphatic rings. The van der Waals surface area contributed by atoms with E-state index < -0.39 is 23.0 Å². The fourth-order valence-corrected chi connectivity index (χ4v) is 2.59. The minimum atomic E-state index is -4.53. The van der Waals surface area contributed by atoms with Crippen molar-refractivity contribution in [3.63, 3.8) is 0 Å². The molecule has 0 bridgehead atoms. The van der Waals surface area contributed by atoms with Crippen LogP contribution in [-0.2, 0) is 17.4 Å². The highest BCUT2D eigenvalue weighted by Gasteiger charge is 2.31. The summed E-state index contributed by atoms with van der Waals surface area (Å²) in [6.07, 6.45) is -3.70. The first-order valence-electron chi connectivity index (χ1n) is 8.13. The van der Waals surface area contributed by atoms with Crippen molar-refractivity contribution < 1.29 is 18.0 Å². The largest absolute Gasteiger partial charge is 0.417 e. The molecule has 0 aliphatic carbocycles. The summed E-state index contributed by atoms with van der Waals surface area (Å²) in [6.45, 7) is 1.91. The summed E-state index contributed by atoms with van der Waals surface area (Å²) < 4.78 is 37.7. The molecule has 0 fully saturated rings. The van der Waals surface area contributed by atoms with Gasteiger partial charge in [-0.05, 0) is 19.4 Å². The van der Waals surface area contributed by atoms with Gasteiger partial charge in [0.25, 0.3) is 5.56 Å². The van der Waals surface area contributed by atoms with E-state index in [9.17, 15) is 27.6 Å². The third-order valence-corrected chi connectivity index (χ3v) is 4.05. The maximum atomic E-state index is 12.6. The topological polar surface area (TPSA) is 120 Å². The summed E-state index contributed by atoms with van der Waals surface area (Å²) in [5.41, 5.74) is -1.40. The normalized spacial score (nSPS) is 11.3. The summed E-state index contributed by atoms with van der Waals surface area (Å²) in [7, 11) is 0. The summed E-state index contributed by atoms with van der Waals surface area (Å²) in [6, 6.07) is 0.763. The van der Waals surface area contributed by atoms with Gasteiger partial charge < -0.3 is 15.6 Å². The quantitative estimate of drug-likeness (QED) is 0.508. The molecule has 4 N–H and O–H groups in total. The third-order valence-electron chi connectivity index (χ3n) is 3.77. The average Bonchev–Trinajstić information content (AvgIpc) is 2.58. The molecule has 12 heteroatoms. The first kappa shape index (κ1) is 21.5. The number of H-pyrrole nitrogens is 2. The van der Waals surface area contributed by atoms with Gasteiger partial charge >= 0.3 is 11.9 Å². The highest BCUT2D eigenvalue weighted by molar-refractivity contribution is 6.32. The summed E-state index contributed by atoms with van der Waals surface area (Å²) in [5.74, 6) is -0.266. The van der Waals surface area contributed by atoms with Crippen LogP contribution in [0.2, 0.25) is 5.02 Å². The number of nitrogens with one attached hydrogen (secondary N) is 4. The molecule has 2 aromatic heterocycles. The Kier molecular flexibility index (Phi) is 6.84. The molecule has 0 aliphatic heterocycles. The minimum absolute atomic E-state index is 0.0231. The average molecular weight is 420 g/mol. The van der Waals surface area contributed by atoms with Crippen molar-refractivity contribution in [1.29, 1.82) is 0 Å². The smallest absolute Gasteiger partial charge is 0.367 e. The summed E-state index contributed by atoms with van der Waals surface area (Å²) in [4.78, 5) is 42.8. The molecule has 2 aromatic rings. The SMILES string of the molecule is Cc1[nH]c(=O)[nH]c(=O)c1CCC(=O)NCCNc1ncc(C(F)(F)F)cc1Cl. The molecule has 152 valence electrons. The van der Waals surface area contributed by atoms with E-state index in [1.807, 2.05) is 0 Å². The zero-order valence-electron chi connectivity index (χ0n) is 14.7. The second kappa shape index (κ2) is 8.91. The lowest BCUT2D eigenvalue weighted by Crippen LogP contribution is -2.31. The van der Waals surface area contributed by atoms with Crippen molar-refractivity contribution in [3.8, 4) is 0 Å². The predicted octanol–water partition coefficient (Wildman–Crippen LogP) is 1.60. The molecule has 0 aromatic carbocycles. The Bertz CT molecular complexity index is 971. The van der Waals surface area contributed by atoms with E-state index in [0.717, 1.165) is 6.07 Å².